The highest BCUT2D eigenvalue weighted by molar-refractivity contribution is 8.32. The van der Waals surface area contributed by atoms with E-state index in [1.165, 1.54) is 48.5 Å². The van der Waals surface area contributed by atoms with Gasteiger partial charge < -0.3 is 0 Å². The molecule has 0 N–H and O–H groups in total. The van der Waals surface area contributed by atoms with Crippen LogP contribution in [0.3, 0.4) is 0 Å². The molecule has 0 heterocycles. The molecule has 22 heavy (non-hydrogen) atoms. The van der Waals surface area contributed by atoms with Crippen molar-refractivity contribution in [3.8, 4) is 0 Å². The molecule has 0 unspecified atom stereocenters. The number of rotatable bonds is 3. The molecule has 0 aliphatic carbocycles. The van der Waals surface area contributed by atoms with E-state index in [0.717, 1.165) is 5.56 Å². The Morgan fingerprint density at radius 3 is 2.14 bits per heavy atom. The van der Waals surface area contributed by atoms with Crippen molar-refractivity contribution < 1.29 is 21.4 Å². The van der Waals surface area contributed by atoms with Gasteiger partial charge in [0.1, 0.15) is 4.20 Å². The molecule has 5 heteroatoms. The van der Waals surface area contributed by atoms with Crippen molar-refractivity contribution in [1.29, 1.82) is 0 Å². The van der Waals surface area contributed by atoms with Crippen LogP contribution in [-0.2, 0) is 9.84 Å². The molecule has 0 bridgehead atoms. The van der Waals surface area contributed by atoms with Crippen LogP contribution < -0.4 is 0 Å². The summed E-state index contributed by atoms with van der Waals surface area (Å²) in [4.78, 5) is 12.7. The predicted octanol–water partition coefficient (Wildman–Crippen LogP) is 3.31. The van der Waals surface area contributed by atoms with Crippen LogP contribution in [0.1, 0.15) is 24.1 Å². The van der Waals surface area contributed by atoms with Crippen LogP contribution in [0.5, 0.6) is 0 Å². The summed E-state index contributed by atoms with van der Waals surface area (Å²) in [6.07, 6.45) is -6.41. The van der Waals surface area contributed by atoms with E-state index in [9.17, 15) is 13.2 Å². The van der Waals surface area contributed by atoms with E-state index in [1.807, 2.05) is 0 Å². The van der Waals surface area contributed by atoms with Gasteiger partial charge in [-0.3, -0.25) is 4.79 Å². The average Bonchev–Trinajstić information content (AvgIpc) is 2.58. The summed E-state index contributed by atoms with van der Waals surface area (Å²) < 4.78 is 71.3. The molecule has 0 aliphatic heterocycles. The quantitative estimate of drug-likeness (QED) is 0.636. The molecule has 0 fully saturated rings. The molecule has 116 valence electrons. The molecule has 0 radical (unpaired) electrons. The van der Waals surface area contributed by atoms with Gasteiger partial charge in [-0.15, -0.1) is 0 Å². The fourth-order valence-corrected chi connectivity index (χ4v) is 4.40. The maximum absolute atomic E-state index is 13.2. The second-order valence-corrected chi connectivity index (χ2v) is 7.77. The van der Waals surface area contributed by atoms with Crippen LogP contribution in [-0.4, -0.2) is 30.8 Å². The summed E-state index contributed by atoms with van der Waals surface area (Å²) in [5, 5.41) is 0. The fraction of sp³-hybridized carbons (Fsp3) is 0.176. The largest absolute Gasteiger partial charge is 0.287 e. The molecule has 0 spiro atoms. The van der Waals surface area contributed by atoms with Gasteiger partial charge in [0.2, 0.25) is 15.6 Å². The molecule has 2 aromatic rings. The van der Waals surface area contributed by atoms with Crippen molar-refractivity contribution in [3.05, 3.63) is 65.7 Å². The summed E-state index contributed by atoms with van der Waals surface area (Å²) in [7, 11) is -7.49. The summed E-state index contributed by atoms with van der Waals surface area (Å²) in [5.41, 5.74) is 0.653. The van der Waals surface area contributed by atoms with E-state index in [2.05, 4.69) is 0 Å². The second-order valence-electron chi connectivity index (χ2n) is 4.61. The highest BCUT2D eigenvalue weighted by Crippen LogP contribution is 2.22. The monoisotopic (exact) mass is 340 g/mol. The van der Waals surface area contributed by atoms with Crippen LogP contribution in [0, 0.1) is 6.92 Å². The van der Waals surface area contributed by atoms with Crippen LogP contribution in [0.2, 0.25) is 0 Å². The molecular formula is C17H18O3S2. The number of benzene rings is 2. The Kier molecular flexibility index (Phi) is 3.03. The number of carbonyl (C=O) groups is 1. The smallest absolute Gasteiger partial charge is 0.215 e. The van der Waals surface area contributed by atoms with E-state index in [0.29, 0.717) is 0 Å². The van der Waals surface area contributed by atoms with Crippen LogP contribution in [0.15, 0.2) is 59.5 Å². The minimum absolute atomic E-state index is 0.0980. The average molecular weight is 340 g/mol. The van der Waals surface area contributed by atoms with Crippen molar-refractivity contribution in [2.75, 3.05) is 12.4 Å². The van der Waals surface area contributed by atoms with Crippen molar-refractivity contribution in [3.63, 3.8) is 0 Å². The highest BCUT2D eigenvalue weighted by atomic mass is 32.2. The first-order valence-corrected chi connectivity index (χ1v) is 9.00. The predicted molar refractivity (Wildman–Crippen MR) is 93.6 cm³/mol. The molecule has 0 saturated carbocycles. The lowest BCUT2D eigenvalue weighted by atomic mass is 10.1. The molecule has 0 atom stereocenters. The van der Waals surface area contributed by atoms with Gasteiger partial charge in [-0.1, -0.05) is 48.0 Å². The van der Waals surface area contributed by atoms with Crippen molar-refractivity contribution in [2.45, 2.75) is 11.8 Å². The first kappa shape index (κ1) is 10.1. The number of aryl methyl sites for hydroxylation is 1. The zero-order chi connectivity index (χ0) is 21.3. The molecule has 0 saturated heterocycles. The van der Waals surface area contributed by atoms with Gasteiger partial charge in [0.05, 0.1) is 4.90 Å². The fourth-order valence-electron chi connectivity index (χ4n) is 1.86. The first-order valence-electron chi connectivity index (χ1n) is 9.29. The second kappa shape index (κ2) is 6.58. The number of Topliss-reactive ketones (excluding diaryl/α,β-unsaturated/α-hetero) is 1. The van der Waals surface area contributed by atoms with Crippen molar-refractivity contribution in [2.24, 2.45) is 0 Å². The van der Waals surface area contributed by atoms with Gasteiger partial charge in [0.15, 0.2) is 0 Å². The molecule has 2 rings (SSSR count). The topological polar surface area (TPSA) is 51.2 Å². The number of carbonyl (C=O) groups excluding carboxylic acids is 1. The minimum Gasteiger partial charge on any atom is -0.287 e. The third-order valence-electron chi connectivity index (χ3n) is 2.98. The van der Waals surface area contributed by atoms with Crippen molar-refractivity contribution in [1.82, 2.24) is 0 Å². The standard InChI is InChI=1S/C17H18O3S2/c1-13-9-11-15(12-10-13)22(19,20)17(21(2)3)16(18)14-7-5-4-6-8-14/h4-12H,1-3H3/i2D3,3D3. The lowest BCUT2D eigenvalue weighted by Crippen LogP contribution is -2.25. The Bertz CT molecular complexity index is 990. The first-order chi connectivity index (χ1) is 12.8. The molecule has 0 amide bonds. The minimum atomic E-state index is -4.67. The molecule has 0 aromatic heterocycles. The zero-order valence-corrected chi connectivity index (χ0v) is 13.4. The maximum atomic E-state index is 13.2. The molecular weight excluding hydrogens is 316 g/mol. The Hall–Kier alpha value is -1.72. The number of sulfone groups is 1. The molecule has 3 nitrogen and oxygen atoms in total. The van der Waals surface area contributed by atoms with Gasteiger partial charge in [-0.05, 0) is 31.4 Å². The highest BCUT2D eigenvalue weighted by Gasteiger charge is 2.29. The Labute approximate surface area is 142 Å². The summed E-state index contributed by atoms with van der Waals surface area (Å²) in [6, 6.07) is 12.6. The lowest BCUT2D eigenvalue weighted by Gasteiger charge is -2.11. The van der Waals surface area contributed by atoms with E-state index in [1.54, 1.807) is 13.0 Å². The summed E-state index contributed by atoms with van der Waals surface area (Å²) in [6.45, 7) is 1.73. The van der Waals surface area contributed by atoms with Crippen LogP contribution in [0.25, 0.3) is 0 Å². The van der Waals surface area contributed by atoms with E-state index >= 15 is 0 Å². The maximum Gasteiger partial charge on any atom is 0.215 e. The SMILES string of the molecule is [2H]C([2H])([2H])S(=C(C(=O)c1ccccc1)S(=O)(=O)c1ccc(C)cc1)C([2H])([2H])[2H]. The summed E-state index contributed by atoms with van der Waals surface area (Å²) >= 11 is 0. The number of hydrogen-bond donors (Lipinski definition) is 0. The van der Waals surface area contributed by atoms with E-state index in [-0.39, 0.29) is 10.5 Å². The van der Waals surface area contributed by atoms with Crippen molar-refractivity contribution >= 4 is 30.3 Å². The van der Waals surface area contributed by atoms with Gasteiger partial charge in [-0.25, -0.2) is 8.42 Å². The van der Waals surface area contributed by atoms with Crippen LogP contribution in [0.4, 0.5) is 0 Å². The Balaban J connectivity index is 2.92. The normalized spacial score (nSPS) is 16.6. The van der Waals surface area contributed by atoms with Crippen LogP contribution >= 0.6 is 10.5 Å². The third kappa shape index (κ3) is 3.36. The Morgan fingerprint density at radius 1 is 1.00 bits per heavy atom. The Morgan fingerprint density at radius 2 is 1.59 bits per heavy atom. The van der Waals surface area contributed by atoms with E-state index in [4.69, 9.17) is 8.22 Å². The number of ketones is 1. The van der Waals surface area contributed by atoms with Gasteiger partial charge in [-0.2, -0.15) is 10.5 Å². The molecule has 0 aliphatic rings. The van der Waals surface area contributed by atoms with Gasteiger partial charge in [0.25, 0.3) is 0 Å². The summed E-state index contributed by atoms with van der Waals surface area (Å²) in [5.74, 6) is -1.13. The van der Waals surface area contributed by atoms with Gasteiger partial charge in [0, 0.05) is 13.8 Å². The van der Waals surface area contributed by atoms with E-state index < -0.39 is 42.7 Å². The van der Waals surface area contributed by atoms with Gasteiger partial charge >= 0.3 is 0 Å². The lowest BCUT2D eigenvalue weighted by molar-refractivity contribution is 0.107. The molecule has 2 aromatic carbocycles. The zero-order valence-electron chi connectivity index (χ0n) is 17.7. The third-order valence-corrected chi connectivity index (χ3v) is 6.26. The number of hydrogen-bond acceptors (Lipinski definition) is 3.